The van der Waals surface area contributed by atoms with E-state index in [4.69, 9.17) is 4.74 Å². The Kier molecular flexibility index (Phi) is 2.57. The highest BCUT2D eigenvalue weighted by Gasteiger charge is 2.47. The predicted octanol–water partition coefficient (Wildman–Crippen LogP) is 0.536. The highest BCUT2D eigenvalue weighted by Crippen LogP contribution is 2.47. The third kappa shape index (κ3) is 1.69. The van der Waals surface area contributed by atoms with E-state index in [-0.39, 0.29) is 23.5 Å². The Hall–Kier alpha value is -2.05. The SMILES string of the molecule is C[C@@]12C[C@@H](O)[C@@H](O)C=C1c1cc(O)cc(O)c1C(=O)O2. The van der Waals surface area contributed by atoms with Gasteiger partial charge in [0.25, 0.3) is 0 Å². The van der Waals surface area contributed by atoms with Gasteiger partial charge in [-0.15, -0.1) is 0 Å². The van der Waals surface area contributed by atoms with Gasteiger partial charge in [0, 0.05) is 23.6 Å². The molecule has 0 aromatic heterocycles. The zero-order valence-corrected chi connectivity index (χ0v) is 10.7. The van der Waals surface area contributed by atoms with Crippen LogP contribution < -0.4 is 0 Å². The number of fused-ring (bicyclic) bond motifs is 3. The molecule has 20 heavy (non-hydrogen) atoms. The smallest absolute Gasteiger partial charge is 0.343 e. The second kappa shape index (κ2) is 3.97. The van der Waals surface area contributed by atoms with Crippen LogP contribution in [0.2, 0.25) is 0 Å². The van der Waals surface area contributed by atoms with E-state index in [9.17, 15) is 25.2 Å². The summed E-state index contributed by atoms with van der Waals surface area (Å²) in [5, 5.41) is 38.9. The molecule has 6 nitrogen and oxygen atoms in total. The van der Waals surface area contributed by atoms with Gasteiger partial charge in [0.2, 0.25) is 0 Å². The quantitative estimate of drug-likeness (QED) is 0.516. The highest BCUT2D eigenvalue weighted by molar-refractivity contribution is 6.03. The molecular formula is C14H14O6. The van der Waals surface area contributed by atoms with Gasteiger partial charge < -0.3 is 25.2 Å². The molecule has 1 aliphatic heterocycles. The number of aromatic hydroxyl groups is 2. The van der Waals surface area contributed by atoms with Crippen molar-refractivity contribution in [3.63, 3.8) is 0 Å². The fourth-order valence-corrected chi connectivity index (χ4v) is 2.85. The zero-order chi connectivity index (χ0) is 14.7. The molecule has 4 N–H and O–H groups in total. The van der Waals surface area contributed by atoms with E-state index in [0.717, 1.165) is 6.07 Å². The first-order valence-electron chi connectivity index (χ1n) is 6.20. The van der Waals surface area contributed by atoms with Crippen LogP contribution in [0.3, 0.4) is 0 Å². The van der Waals surface area contributed by atoms with Crippen molar-refractivity contribution in [3.05, 3.63) is 29.3 Å². The van der Waals surface area contributed by atoms with Crippen molar-refractivity contribution < 1.29 is 30.0 Å². The Morgan fingerprint density at radius 1 is 1.30 bits per heavy atom. The van der Waals surface area contributed by atoms with Gasteiger partial charge >= 0.3 is 5.97 Å². The summed E-state index contributed by atoms with van der Waals surface area (Å²) in [6, 6.07) is 2.39. The summed E-state index contributed by atoms with van der Waals surface area (Å²) in [6.07, 6.45) is -0.698. The van der Waals surface area contributed by atoms with Crippen LogP contribution in [0.1, 0.15) is 29.3 Å². The average Bonchev–Trinajstić information content (AvgIpc) is 2.31. The number of carbonyl (C=O) groups is 1. The molecule has 1 aromatic carbocycles. The van der Waals surface area contributed by atoms with Crippen molar-refractivity contribution in [1.29, 1.82) is 0 Å². The first-order chi connectivity index (χ1) is 9.32. The van der Waals surface area contributed by atoms with Crippen LogP contribution >= 0.6 is 0 Å². The molecule has 3 rings (SSSR count). The van der Waals surface area contributed by atoms with E-state index >= 15 is 0 Å². The van der Waals surface area contributed by atoms with Crippen molar-refractivity contribution >= 4 is 11.5 Å². The summed E-state index contributed by atoms with van der Waals surface area (Å²) in [5.41, 5.74) is -0.360. The Morgan fingerprint density at radius 3 is 2.70 bits per heavy atom. The Morgan fingerprint density at radius 2 is 2.00 bits per heavy atom. The summed E-state index contributed by atoms with van der Waals surface area (Å²) in [7, 11) is 0. The largest absolute Gasteiger partial charge is 0.508 e. The molecule has 1 heterocycles. The highest BCUT2D eigenvalue weighted by atomic mass is 16.6. The van der Waals surface area contributed by atoms with Gasteiger partial charge in [0.05, 0.1) is 12.2 Å². The molecule has 0 fully saturated rings. The van der Waals surface area contributed by atoms with Crippen LogP contribution in [0.4, 0.5) is 0 Å². The van der Waals surface area contributed by atoms with Crippen LogP contribution in [0.5, 0.6) is 11.5 Å². The molecule has 1 aromatic rings. The molecule has 0 unspecified atom stereocenters. The van der Waals surface area contributed by atoms with E-state index in [1.807, 2.05) is 0 Å². The summed E-state index contributed by atoms with van der Waals surface area (Å²) < 4.78 is 5.32. The van der Waals surface area contributed by atoms with Crippen molar-refractivity contribution in [2.75, 3.05) is 0 Å². The number of benzene rings is 1. The van der Waals surface area contributed by atoms with Gasteiger partial charge in [-0.05, 0) is 19.1 Å². The molecule has 6 heteroatoms. The van der Waals surface area contributed by atoms with Gasteiger partial charge in [-0.1, -0.05) is 0 Å². The predicted molar refractivity (Wildman–Crippen MR) is 68.2 cm³/mol. The minimum atomic E-state index is -1.09. The van der Waals surface area contributed by atoms with Crippen LogP contribution in [-0.2, 0) is 4.74 Å². The van der Waals surface area contributed by atoms with Gasteiger partial charge in [-0.2, -0.15) is 0 Å². The van der Waals surface area contributed by atoms with Crippen molar-refractivity contribution in [3.8, 4) is 11.5 Å². The van der Waals surface area contributed by atoms with E-state index in [1.165, 1.54) is 12.1 Å². The van der Waals surface area contributed by atoms with E-state index in [2.05, 4.69) is 0 Å². The van der Waals surface area contributed by atoms with Gasteiger partial charge in [-0.3, -0.25) is 0 Å². The number of rotatable bonds is 0. The summed E-state index contributed by atoms with van der Waals surface area (Å²) in [5.74, 6) is -1.30. The van der Waals surface area contributed by atoms with Gasteiger partial charge in [0.15, 0.2) is 0 Å². The lowest BCUT2D eigenvalue weighted by molar-refractivity contribution is -0.0387. The molecule has 0 bridgehead atoms. The number of phenols is 2. The number of hydrogen-bond donors (Lipinski definition) is 4. The van der Waals surface area contributed by atoms with Crippen LogP contribution in [0.15, 0.2) is 18.2 Å². The van der Waals surface area contributed by atoms with Crippen molar-refractivity contribution in [1.82, 2.24) is 0 Å². The minimum Gasteiger partial charge on any atom is -0.508 e. The fraction of sp³-hybridized carbons (Fsp3) is 0.357. The summed E-state index contributed by atoms with van der Waals surface area (Å²) >= 11 is 0. The molecule has 2 aliphatic rings. The first-order valence-corrected chi connectivity index (χ1v) is 6.20. The third-order valence-electron chi connectivity index (χ3n) is 3.81. The van der Waals surface area contributed by atoms with Crippen LogP contribution in [-0.4, -0.2) is 44.2 Å². The Labute approximate surface area is 114 Å². The Bertz CT molecular complexity index is 635. The van der Waals surface area contributed by atoms with E-state index < -0.39 is 23.8 Å². The number of aliphatic hydroxyl groups is 2. The van der Waals surface area contributed by atoms with E-state index in [0.29, 0.717) is 11.1 Å². The lowest BCUT2D eigenvalue weighted by atomic mass is 9.75. The normalized spacial score (nSPS) is 31.9. The maximum Gasteiger partial charge on any atom is 0.343 e. The number of hydrogen-bond acceptors (Lipinski definition) is 6. The summed E-state index contributed by atoms with van der Waals surface area (Å²) in [6.45, 7) is 1.62. The van der Waals surface area contributed by atoms with E-state index in [1.54, 1.807) is 6.92 Å². The Balaban J connectivity index is 2.28. The summed E-state index contributed by atoms with van der Waals surface area (Å²) in [4.78, 5) is 12.0. The number of aliphatic hydroxyl groups excluding tert-OH is 2. The molecule has 0 saturated carbocycles. The van der Waals surface area contributed by atoms with Gasteiger partial charge in [-0.25, -0.2) is 4.79 Å². The fourth-order valence-electron chi connectivity index (χ4n) is 2.85. The number of ether oxygens (including phenoxy) is 1. The standard InChI is InChI=1S/C14H14O6/c1-14-5-11(18)9(16)4-8(14)7-2-6(15)3-10(17)12(7)13(19)20-14/h2-4,9,11,15-18H,5H2,1H3/t9-,11+,14+/m0/s1. The first kappa shape index (κ1) is 13.0. The number of phenolic OH excluding ortho intramolecular Hbond substituents is 2. The number of carbonyl (C=O) groups excluding carboxylic acids is 1. The number of esters is 1. The molecule has 0 amide bonds. The van der Waals surface area contributed by atoms with Gasteiger partial charge in [0.1, 0.15) is 22.7 Å². The lowest BCUT2D eigenvalue weighted by Crippen LogP contribution is -2.47. The molecular weight excluding hydrogens is 264 g/mol. The monoisotopic (exact) mass is 278 g/mol. The maximum absolute atomic E-state index is 12.0. The van der Waals surface area contributed by atoms with Crippen molar-refractivity contribution in [2.24, 2.45) is 0 Å². The molecule has 0 spiro atoms. The maximum atomic E-state index is 12.0. The molecule has 3 atom stereocenters. The molecule has 106 valence electrons. The topological polar surface area (TPSA) is 107 Å². The minimum absolute atomic E-state index is 0.0433. The molecule has 0 saturated heterocycles. The second-order valence-electron chi connectivity index (χ2n) is 5.35. The zero-order valence-electron chi connectivity index (χ0n) is 10.7. The lowest BCUT2D eigenvalue weighted by Gasteiger charge is -2.42. The second-order valence-corrected chi connectivity index (χ2v) is 5.35. The molecule has 1 aliphatic carbocycles. The third-order valence-corrected chi connectivity index (χ3v) is 3.81. The average molecular weight is 278 g/mol. The van der Waals surface area contributed by atoms with Crippen molar-refractivity contribution in [2.45, 2.75) is 31.2 Å². The molecule has 0 radical (unpaired) electrons. The van der Waals surface area contributed by atoms with Crippen LogP contribution in [0, 0.1) is 0 Å². The van der Waals surface area contributed by atoms with Crippen LogP contribution in [0.25, 0.3) is 5.57 Å².